The molecule has 0 spiro atoms. The van der Waals surface area contributed by atoms with E-state index in [1.165, 1.54) is 38.7 Å². The van der Waals surface area contributed by atoms with Crippen LogP contribution in [-0.4, -0.2) is 44.1 Å². The van der Waals surface area contributed by atoms with Crippen LogP contribution in [0.25, 0.3) is 10.7 Å². The van der Waals surface area contributed by atoms with E-state index < -0.39 is 10.0 Å². The summed E-state index contributed by atoms with van der Waals surface area (Å²) in [6, 6.07) is 8.32. The fraction of sp³-hybridized carbons (Fsp3) is 0.250. The molecule has 0 saturated carbocycles. The standard InChI is InChI=1S/C16H17N3O5S2/c1-19(10-15-17-16(18-24-15)13-5-4-8-25-13)26(20,21)14-9-11(22-2)6-7-12(14)23-3/h4-9H,10H2,1-3H3. The summed E-state index contributed by atoms with van der Waals surface area (Å²) in [6.07, 6.45) is 0. The number of sulfonamides is 1. The van der Waals surface area contributed by atoms with Crippen LogP contribution in [0.3, 0.4) is 0 Å². The molecule has 2 aromatic heterocycles. The number of hydrogen-bond acceptors (Lipinski definition) is 8. The van der Waals surface area contributed by atoms with Gasteiger partial charge in [0, 0.05) is 13.1 Å². The lowest BCUT2D eigenvalue weighted by Gasteiger charge is -2.17. The second kappa shape index (κ2) is 7.44. The Morgan fingerprint density at radius 2 is 2.04 bits per heavy atom. The number of ether oxygens (including phenoxy) is 2. The predicted molar refractivity (Wildman–Crippen MR) is 95.8 cm³/mol. The zero-order chi connectivity index (χ0) is 18.7. The Morgan fingerprint density at radius 3 is 2.69 bits per heavy atom. The summed E-state index contributed by atoms with van der Waals surface area (Å²) < 4.78 is 42.4. The van der Waals surface area contributed by atoms with Gasteiger partial charge in [-0.3, -0.25) is 0 Å². The highest BCUT2D eigenvalue weighted by atomic mass is 32.2. The molecule has 26 heavy (non-hydrogen) atoms. The molecule has 8 nitrogen and oxygen atoms in total. The van der Waals surface area contributed by atoms with E-state index in [0.717, 1.165) is 9.18 Å². The van der Waals surface area contributed by atoms with Crippen LogP contribution in [0.1, 0.15) is 5.89 Å². The molecule has 1 aromatic carbocycles. The quantitative estimate of drug-likeness (QED) is 0.607. The highest BCUT2D eigenvalue weighted by Gasteiger charge is 2.27. The number of aromatic nitrogens is 2. The Labute approximate surface area is 155 Å². The highest BCUT2D eigenvalue weighted by Crippen LogP contribution is 2.30. The minimum atomic E-state index is -3.85. The molecule has 0 aliphatic rings. The molecule has 0 radical (unpaired) electrons. The Balaban J connectivity index is 1.86. The first kappa shape index (κ1) is 18.4. The molecule has 0 fully saturated rings. The van der Waals surface area contributed by atoms with E-state index in [2.05, 4.69) is 10.1 Å². The molecule has 0 N–H and O–H groups in total. The molecule has 2 heterocycles. The number of benzene rings is 1. The van der Waals surface area contributed by atoms with Crippen LogP contribution in [-0.2, 0) is 16.6 Å². The molecule has 0 amide bonds. The van der Waals surface area contributed by atoms with Gasteiger partial charge in [-0.1, -0.05) is 11.2 Å². The molecule has 3 rings (SSSR count). The van der Waals surface area contributed by atoms with Crippen LogP contribution in [0.15, 0.2) is 45.1 Å². The molecule has 138 valence electrons. The number of rotatable bonds is 7. The molecular weight excluding hydrogens is 378 g/mol. The van der Waals surface area contributed by atoms with Crippen molar-refractivity contribution in [3.63, 3.8) is 0 Å². The van der Waals surface area contributed by atoms with Gasteiger partial charge in [-0.05, 0) is 23.6 Å². The third-order valence-electron chi connectivity index (χ3n) is 3.63. The van der Waals surface area contributed by atoms with Crippen LogP contribution < -0.4 is 9.47 Å². The van der Waals surface area contributed by atoms with E-state index in [1.807, 2.05) is 17.5 Å². The second-order valence-electron chi connectivity index (χ2n) is 5.27. The maximum absolute atomic E-state index is 12.9. The highest BCUT2D eigenvalue weighted by molar-refractivity contribution is 7.89. The minimum absolute atomic E-state index is 0.000143. The third kappa shape index (κ3) is 3.57. The second-order valence-corrected chi connectivity index (χ2v) is 8.23. The van der Waals surface area contributed by atoms with Crippen molar-refractivity contribution in [2.45, 2.75) is 11.4 Å². The average molecular weight is 395 g/mol. The lowest BCUT2D eigenvalue weighted by molar-refractivity contribution is 0.335. The van der Waals surface area contributed by atoms with E-state index in [9.17, 15) is 8.42 Å². The molecule has 0 saturated heterocycles. The van der Waals surface area contributed by atoms with Gasteiger partial charge in [-0.25, -0.2) is 8.42 Å². The van der Waals surface area contributed by atoms with E-state index in [4.69, 9.17) is 14.0 Å². The predicted octanol–water partition coefficient (Wildman–Crippen LogP) is 2.64. The molecule has 0 bridgehead atoms. The van der Waals surface area contributed by atoms with Crippen molar-refractivity contribution in [1.82, 2.24) is 14.4 Å². The maximum Gasteiger partial charge on any atom is 0.247 e. The van der Waals surface area contributed by atoms with Gasteiger partial charge in [0.25, 0.3) is 0 Å². The van der Waals surface area contributed by atoms with Crippen LogP contribution >= 0.6 is 11.3 Å². The fourth-order valence-corrected chi connectivity index (χ4v) is 4.19. The minimum Gasteiger partial charge on any atom is -0.497 e. The Morgan fingerprint density at radius 1 is 1.23 bits per heavy atom. The van der Waals surface area contributed by atoms with Gasteiger partial charge in [0.1, 0.15) is 16.4 Å². The lowest BCUT2D eigenvalue weighted by atomic mass is 10.3. The molecule has 10 heteroatoms. The molecule has 0 atom stereocenters. The van der Waals surface area contributed by atoms with Crippen LogP contribution in [0.5, 0.6) is 11.5 Å². The van der Waals surface area contributed by atoms with Crippen molar-refractivity contribution in [3.8, 4) is 22.2 Å². The molecule has 0 aliphatic carbocycles. The van der Waals surface area contributed by atoms with E-state index >= 15 is 0 Å². The van der Waals surface area contributed by atoms with Crippen molar-refractivity contribution < 1.29 is 22.4 Å². The summed E-state index contributed by atoms with van der Waals surface area (Å²) in [5.74, 6) is 1.26. The summed E-state index contributed by atoms with van der Waals surface area (Å²) in [7, 11) is 0.454. The number of methoxy groups -OCH3 is 2. The normalized spacial score (nSPS) is 11.7. The van der Waals surface area contributed by atoms with Gasteiger partial charge < -0.3 is 14.0 Å². The smallest absolute Gasteiger partial charge is 0.247 e. The Hall–Kier alpha value is -2.43. The first-order chi connectivity index (χ1) is 12.5. The Kier molecular flexibility index (Phi) is 5.25. The Bertz CT molecular complexity index is 983. The van der Waals surface area contributed by atoms with Gasteiger partial charge >= 0.3 is 0 Å². The number of hydrogen-bond donors (Lipinski definition) is 0. The zero-order valence-corrected chi connectivity index (χ0v) is 16.0. The molecule has 3 aromatic rings. The summed E-state index contributed by atoms with van der Waals surface area (Å²) >= 11 is 1.47. The molecule has 0 unspecified atom stereocenters. The fourth-order valence-electron chi connectivity index (χ4n) is 2.25. The van der Waals surface area contributed by atoms with Crippen LogP contribution in [0.2, 0.25) is 0 Å². The monoisotopic (exact) mass is 395 g/mol. The topological polar surface area (TPSA) is 94.8 Å². The molecular formula is C16H17N3O5S2. The van der Waals surface area contributed by atoms with Crippen molar-refractivity contribution >= 4 is 21.4 Å². The summed E-state index contributed by atoms with van der Waals surface area (Å²) in [5.41, 5.74) is 0. The average Bonchev–Trinajstić information content (AvgIpc) is 3.32. The zero-order valence-electron chi connectivity index (χ0n) is 14.4. The maximum atomic E-state index is 12.9. The first-order valence-corrected chi connectivity index (χ1v) is 9.82. The van der Waals surface area contributed by atoms with Crippen LogP contribution in [0.4, 0.5) is 0 Å². The van der Waals surface area contributed by atoms with Gasteiger partial charge in [0.05, 0.1) is 25.6 Å². The van der Waals surface area contributed by atoms with Crippen molar-refractivity contribution in [1.29, 1.82) is 0 Å². The molecule has 0 aliphatic heterocycles. The number of thiophene rings is 1. The van der Waals surface area contributed by atoms with E-state index in [-0.39, 0.29) is 23.1 Å². The first-order valence-electron chi connectivity index (χ1n) is 7.50. The third-order valence-corrected chi connectivity index (χ3v) is 6.32. The van der Waals surface area contributed by atoms with Gasteiger partial charge in [0.15, 0.2) is 0 Å². The van der Waals surface area contributed by atoms with Gasteiger partial charge in [-0.15, -0.1) is 11.3 Å². The lowest BCUT2D eigenvalue weighted by Crippen LogP contribution is -2.27. The van der Waals surface area contributed by atoms with Crippen molar-refractivity contribution in [3.05, 3.63) is 41.6 Å². The van der Waals surface area contributed by atoms with E-state index in [0.29, 0.717) is 11.6 Å². The summed E-state index contributed by atoms with van der Waals surface area (Å²) in [4.78, 5) is 5.09. The van der Waals surface area contributed by atoms with E-state index in [1.54, 1.807) is 12.1 Å². The largest absolute Gasteiger partial charge is 0.497 e. The summed E-state index contributed by atoms with van der Waals surface area (Å²) in [5, 5.41) is 5.79. The van der Waals surface area contributed by atoms with Crippen molar-refractivity contribution in [2.75, 3.05) is 21.3 Å². The number of nitrogens with zero attached hydrogens (tertiary/aromatic N) is 3. The SMILES string of the molecule is COc1ccc(OC)c(S(=O)(=O)N(C)Cc2nc(-c3cccs3)no2)c1. The van der Waals surface area contributed by atoms with Gasteiger partial charge in [0.2, 0.25) is 21.7 Å². The summed E-state index contributed by atoms with van der Waals surface area (Å²) in [6.45, 7) is -0.0684. The van der Waals surface area contributed by atoms with Gasteiger partial charge in [-0.2, -0.15) is 9.29 Å². The van der Waals surface area contributed by atoms with Crippen molar-refractivity contribution in [2.24, 2.45) is 0 Å². The van der Waals surface area contributed by atoms with Crippen LogP contribution in [0, 0.1) is 0 Å².